The van der Waals surface area contributed by atoms with Gasteiger partial charge in [-0.2, -0.15) is 0 Å². The van der Waals surface area contributed by atoms with Crippen molar-refractivity contribution in [3.63, 3.8) is 0 Å². The van der Waals surface area contributed by atoms with Crippen LogP contribution in [0.15, 0.2) is 6.20 Å². The lowest BCUT2D eigenvalue weighted by Gasteiger charge is -2.04. The molecule has 0 aliphatic heterocycles. The Hall–Kier alpha value is -0.870. The highest BCUT2D eigenvalue weighted by Gasteiger charge is 1.97. The summed E-state index contributed by atoms with van der Waals surface area (Å²) in [4.78, 5) is 7.15. The van der Waals surface area contributed by atoms with Crippen LogP contribution in [0.4, 0.5) is 0 Å². The van der Waals surface area contributed by atoms with Gasteiger partial charge in [0.1, 0.15) is 5.82 Å². The highest BCUT2D eigenvalue weighted by Crippen LogP contribution is 1.94. The Morgan fingerprint density at radius 1 is 1.75 bits per heavy atom. The number of imidazole rings is 1. The molecule has 0 aliphatic rings. The minimum atomic E-state index is -0.297. The van der Waals surface area contributed by atoms with Crippen molar-refractivity contribution < 1.29 is 5.11 Å². The average Bonchev–Trinajstić information content (AvgIpc) is 2.35. The predicted octanol–water partition coefficient (Wildman–Crippen LogP) is 0.189. The van der Waals surface area contributed by atoms with Gasteiger partial charge < -0.3 is 15.4 Å². The van der Waals surface area contributed by atoms with Crippen LogP contribution >= 0.6 is 0 Å². The molecule has 0 saturated heterocycles. The number of aliphatic hydroxyl groups is 1. The van der Waals surface area contributed by atoms with Crippen molar-refractivity contribution in [3.05, 3.63) is 17.7 Å². The maximum absolute atomic E-state index is 8.95. The lowest BCUT2D eigenvalue weighted by molar-refractivity contribution is 0.191. The predicted molar refractivity (Wildman–Crippen MR) is 46.7 cm³/mol. The zero-order valence-corrected chi connectivity index (χ0v) is 7.46. The third-order valence-corrected chi connectivity index (χ3v) is 1.51. The molecule has 0 saturated carbocycles. The Labute approximate surface area is 72.0 Å². The fraction of sp³-hybridized carbons (Fsp3) is 0.625. The van der Waals surface area contributed by atoms with E-state index in [0.717, 1.165) is 18.1 Å². The summed E-state index contributed by atoms with van der Waals surface area (Å²) >= 11 is 0. The number of nitrogens with zero attached hydrogens (tertiary/aromatic N) is 1. The number of hydrogen-bond acceptors (Lipinski definition) is 3. The molecular weight excluding hydrogens is 154 g/mol. The molecule has 4 heteroatoms. The first-order valence-electron chi connectivity index (χ1n) is 4.07. The highest BCUT2D eigenvalue weighted by molar-refractivity contribution is 4.99. The Kier molecular flexibility index (Phi) is 3.25. The van der Waals surface area contributed by atoms with Crippen LogP contribution in [0.2, 0.25) is 0 Å². The van der Waals surface area contributed by atoms with E-state index < -0.39 is 0 Å². The van der Waals surface area contributed by atoms with Crippen molar-refractivity contribution in [2.45, 2.75) is 26.5 Å². The van der Waals surface area contributed by atoms with Gasteiger partial charge in [0, 0.05) is 25.0 Å². The number of aromatic nitrogens is 2. The maximum atomic E-state index is 8.95. The van der Waals surface area contributed by atoms with Crippen LogP contribution in [-0.2, 0) is 6.54 Å². The number of aryl methyl sites for hydroxylation is 1. The number of aliphatic hydroxyl groups excluding tert-OH is 1. The Balaban J connectivity index is 2.24. The normalized spacial score (nSPS) is 13.2. The summed E-state index contributed by atoms with van der Waals surface area (Å²) in [5.74, 6) is 0.920. The zero-order chi connectivity index (χ0) is 8.97. The van der Waals surface area contributed by atoms with Crippen molar-refractivity contribution in [2.24, 2.45) is 0 Å². The fourth-order valence-electron chi connectivity index (χ4n) is 0.977. The van der Waals surface area contributed by atoms with Gasteiger partial charge in [0.2, 0.25) is 0 Å². The van der Waals surface area contributed by atoms with E-state index in [-0.39, 0.29) is 6.10 Å². The molecule has 1 heterocycles. The van der Waals surface area contributed by atoms with Crippen LogP contribution in [-0.4, -0.2) is 27.7 Å². The fourth-order valence-corrected chi connectivity index (χ4v) is 0.977. The smallest absolute Gasteiger partial charge is 0.103 e. The molecule has 4 nitrogen and oxygen atoms in total. The molecule has 0 fully saturated rings. The quantitative estimate of drug-likeness (QED) is 0.603. The molecule has 1 atom stereocenters. The lowest BCUT2D eigenvalue weighted by Crippen LogP contribution is -2.23. The van der Waals surface area contributed by atoms with Crippen molar-refractivity contribution in [1.82, 2.24) is 15.3 Å². The monoisotopic (exact) mass is 169 g/mol. The molecule has 1 aromatic heterocycles. The van der Waals surface area contributed by atoms with E-state index in [0.29, 0.717) is 6.54 Å². The van der Waals surface area contributed by atoms with Crippen LogP contribution in [0.25, 0.3) is 0 Å². The van der Waals surface area contributed by atoms with Crippen LogP contribution in [0.3, 0.4) is 0 Å². The summed E-state index contributed by atoms with van der Waals surface area (Å²) in [6, 6.07) is 0. The number of H-pyrrole nitrogens is 1. The first-order valence-corrected chi connectivity index (χ1v) is 4.07. The van der Waals surface area contributed by atoms with Crippen LogP contribution < -0.4 is 5.32 Å². The molecule has 0 spiro atoms. The van der Waals surface area contributed by atoms with E-state index in [2.05, 4.69) is 15.3 Å². The number of rotatable bonds is 4. The lowest BCUT2D eigenvalue weighted by atomic mass is 10.4. The van der Waals surface area contributed by atoms with E-state index in [1.165, 1.54) is 0 Å². The zero-order valence-electron chi connectivity index (χ0n) is 7.46. The second-order valence-electron chi connectivity index (χ2n) is 2.97. The Bertz CT molecular complexity index is 232. The van der Waals surface area contributed by atoms with Crippen LogP contribution in [0, 0.1) is 6.92 Å². The van der Waals surface area contributed by atoms with Gasteiger partial charge in [-0.3, -0.25) is 0 Å². The second kappa shape index (κ2) is 4.23. The van der Waals surface area contributed by atoms with E-state index in [1.54, 1.807) is 13.1 Å². The van der Waals surface area contributed by atoms with Gasteiger partial charge in [-0.15, -0.1) is 0 Å². The van der Waals surface area contributed by atoms with Crippen LogP contribution in [0.1, 0.15) is 18.4 Å². The standard InChI is InChI=1S/C8H15N3O/c1-6(12)3-9-4-8-5-10-7(2)11-8/h5-6,9,12H,3-4H2,1-2H3,(H,10,11). The number of hydrogen-bond donors (Lipinski definition) is 3. The Morgan fingerprint density at radius 3 is 3.00 bits per heavy atom. The van der Waals surface area contributed by atoms with Crippen molar-refractivity contribution in [1.29, 1.82) is 0 Å². The molecule has 0 bridgehead atoms. The number of nitrogens with one attached hydrogen (secondary N) is 2. The van der Waals surface area contributed by atoms with Crippen molar-refractivity contribution in [2.75, 3.05) is 6.54 Å². The van der Waals surface area contributed by atoms with E-state index >= 15 is 0 Å². The summed E-state index contributed by atoms with van der Waals surface area (Å²) in [6.45, 7) is 5.01. The molecule has 68 valence electrons. The molecule has 1 unspecified atom stereocenters. The van der Waals surface area contributed by atoms with Crippen LogP contribution in [0.5, 0.6) is 0 Å². The first-order chi connectivity index (χ1) is 5.68. The minimum Gasteiger partial charge on any atom is -0.392 e. The van der Waals surface area contributed by atoms with Gasteiger partial charge in [0.25, 0.3) is 0 Å². The molecular formula is C8H15N3O. The average molecular weight is 169 g/mol. The van der Waals surface area contributed by atoms with E-state index in [9.17, 15) is 0 Å². The van der Waals surface area contributed by atoms with E-state index in [1.807, 2.05) is 6.92 Å². The summed E-state index contributed by atoms with van der Waals surface area (Å²) < 4.78 is 0. The molecule has 0 aromatic carbocycles. The van der Waals surface area contributed by atoms with Gasteiger partial charge in [0.05, 0.1) is 6.10 Å². The summed E-state index contributed by atoms with van der Waals surface area (Å²) in [5, 5.41) is 12.0. The maximum Gasteiger partial charge on any atom is 0.103 e. The van der Waals surface area contributed by atoms with Crippen molar-refractivity contribution in [3.8, 4) is 0 Å². The molecule has 0 aliphatic carbocycles. The molecule has 3 N–H and O–H groups in total. The molecule has 1 rings (SSSR count). The van der Waals surface area contributed by atoms with Gasteiger partial charge in [-0.25, -0.2) is 4.98 Å². The first kappa shape index (κ1) is 9.22. The largest absolute Gasteiger partial charge is 0.392 e. The third kappa shape index (κ3) is 3.02. The summed E-state index contributed by atoms with van der Waals surface area (Å²) in [6.07, 6.45) is 1.50. The highest BCUT2D eigenvalue weighted by atomic mass is 16.3. The van der Waals surface area contributed by atoms with Gasteiger partial charge in [0.15, 0.2) is 0 Å². The van der Waals surface area contributed by atoms with Gasteiger partial charge in [-0.05, 0) is 13.8 Å². The molecule has 0 amide bonds. The third-order valence-electron chi connectivity index (χ3n) is 1.51. The van der Waals surface area contributed by atoms with Crippen molar-refractivity contribution >= 4 is 0 Å². The van der Waals surface area contributed by atoms with Gasteiger partial charge >= 0.3 is 0 Å². The molecule has 1 aromatic rings. The SMILES string of the molecule is Cc1ncc(CNCC(C)O)[nH]1. The summed E-state index contributed by atoms with van der Waals surface area (Å²) in [5.41, 5.74) is 1.05. The molecule has 0 radical (unpaired) electrons. The second-order valence-corrected chi connectivity index (χ2v) is 2.97. The topological polar surface area (TPSA) is 60.9 Å². The van der Waals surface area contributed by atoms with E-state index in [4.69, 9.17) is 5.11 Å². The summed E-state index contributed by atoms with van der Waals surface area (Å²) in [7, 11) is 0. The Morgan fingerprint density at radius 2 is 2.50 bits per heavy atom. The van der Waals surface area contributed by atoms with Gasteiger partial charge in [-0.1, -0.05) is 0 Å². The minimum absolute atomic E-state index is 0.297. The number of aromatic amines is 1. The molecule has 12 heavy (non-hydrogen) atoms.